The molecule has 0 aromatic carbocycles. The number of hydrogen-bond donors (Lipinski definition) is 3. The van der Waals surface area contributed by atoms with Crippen LogP contribution in [0.3, 0.4) is 0 Å². The third-order valence-corrected chi connectivity index (χ3v) is 8.74. The molecular weight excluding hydrogens is 320 g/mol. The number of rotatable bonds is 0. The third-order valence-electron chi connectivity index (χ3n) is 8.74. The monoisotopic (exact) mass is 348 g/mol. The molecule has 0 aromatic rings. The van der Waals surface area contributed by atoms with Crippen molar-refractivity contribution in [2.24, 2.45) is 34.0 Å². The van der Waals surface area contributed by atoms with Gasteiger partial charge in [-0.25, -0.2) is 0 Å². The maximum absolute atomic E-state index is 13.3. The molecule has 9 atom stereocenters. The van der Waals surface area contributed by atoms with E-state index < -0.39 is 41.3 Å². The Morgan fingerprint density at radius 1 is 1.16 bits per heavy atom. The number of ketones is 1. The van der Waals surface area contributed by atoms with Gasteiger partial charge in [-0.2, -0.15) is 0 Å². The lowest BCUT2D eigenvalue weighted by molar-refractivity contribution is -0.393. The number of carbonyl (C=O) groups excluding carboxylic acids is 1. The van der Waals surface area contributed by atoms with Crippen LogP contribution in [0, 0.1) is 34.0 Å². The minimum atomic E-state index is -1.12. The summed E-state index contributed by atoms with van der Waals surface area (Å²) in [7, 11) is 0. The van der Waals surface area contributed by atoms with E-state index in [2.05, 4.69) is 20.4 Å². The molecule has 0 aromatic heterocycles. The van der Waals surface area contributed by atoms with Crippen molar-refractivity contribution >= 4 is 5.78 Å². The Labute approximate surface area is 148 Å². The second kappa shape index (κ2) is 4.56. The van der Waals surface area contributed by atoms with Gasteiger partial charge in [0, 0.05) is 17.3 Å². The molecule has 4 bridgehead atoms. The number of fused-ring (bicyclic) bond motifs is 2. The summed E-state index contributed by atoms with van der Waals surface area (Å²) < 4.78 is 5.99. The first kappa shape index (κ1) is 16.4. The molecule has 3 N–H and O–H groups in total. The van der Waals surface area contributed by atoms with Gasteiger partial charge >= 0.3 is 0 Å². The van der Waals surface area contributed by atoms with Crippen LogP contribution in [0.2, 0.25) is 0 Å². The zero-order valence-electron chi connectivity index (χ0n) is 14.9. The number of ether oxygens (including phenoxy) is 1. The fourth-order valence-corrected chi connectivity index (χ4v) is 7.90. The van der Waals surface area contributed by atoms with Crippen LogP contribution in [0.5, 0.6) is 0 Å². The molecule has 4 saturated carbocycles. The molecule has 5 nitrogen and oxygen atoms in total. The highest BCUT2D eigenvalue weighted by Crippen LogP contribution is 2.75. The van der Waals surface area contributed by atoms with E-state index in [0.29, 0.717) is 18.4 Å². The second-order valence-corrected chi connectivity index (χ2v) is 9.84. The summed E-state index contributed by atoms with van der Waals surface area (Å²) in [6.45, 7) is 8.39. The lowest BCUT2D eigenvalue weighted by Crippen LogP contribution is -2.78. The molecule has 2 spiro atoms. The Morgan fingerprint density at radius 3 is 2.60 bits per heavy atom. The number of hydrogen-bond acceptors (Lipinski definition) is 5. The molecule has 4 aliphatic carbocycles. The first-order valence-electron chi connectivity index (χ1n) is 9.62. The van der Waals surface area contributed by atoms with E-state index in [9.17, 15) is 20.1 Å². The molecule has 0 amide bonds. The Bertz CT molecular complexity index is 671. The first-order chi connectivity index (χ1) is 11.7. The van der Waals surface area contributed by atoms with Gasteiger partial charge in [0.1, 0.15) is 0 Å². The summed E-state index contributed by atoms with van der Waals surface area (Å²) >= 11 is 0. The molecule has 0 radical (unpaired) electrons. The quantitative estimate of drug-likeness (QED) is 0.576. The number of aliphatic hydroxyl groups excluding tert-OH is 3. The highest BCUT2D eigenvalue weighted by Gasteiger charge is 2.81. The lowest BCUT2D eigenvalue weighted by atomic mass is 9.37. The molecule has 0 unspecified atom stereocenters. The van der Waals surface area contributed by atoms with E-state index in [1.165, 1.54) is 0 Å². The van der Waals surface area contributed by atoms with Gasteiger partial charge in [0.25, 0.3) is 0 Å². The van der Waals surface area contributed by atoms with Crippen molar-refractivity contribution in [3.05, 3.63) is 12.2 Å². The Kier molecular flexibility index (Phi) is 2.99. The van der Waals surface area contributed by atoms with Crippen LogP contribution in [0.15, 0.2) is 12.2 Å². The van der Waals surface area contributed by atoms with Crippen LogP contribution < -0.4 is 0 Å². The van der Waals surface area contributed by atoms with Crippen LogP contribution in [0.25, 0.3) is 0 Å². The average Bonchev–Trinajstić information content (AvgIpc) is 2.65. The zero-order chi connectivity index (χ0) is 17.9. The van der Waals surface area contributed by atoms with Gasteiger partial charge in [-0.3, -0.25) is 4.79 Å². The van der Waals surface area contributed by atoms with Crippen LogP contribution in [0.4, 0.5) is 0 Å². The van der Waals surface area contributed by atoms with Crippen molar-refractivity contribution < 1.29 is 24.9 Å². The molecule has 6 fully saturated rings. The SMILES string of the molecule is C=C1C(=O)[C@@]23[C@@H]4C[C@@H]5C(C)(C)CCC[C@@]5([C@@H](O)O4)[C@@H]2[C@@H](O)C[C@@H]1[C@H]3O. The lowest BCUT2D eigenvalue weighted by Gasteiger charge is -2.72. The molecule has 5 heteroatoms. The molecule has 6 aliphatic rings. The van der Waals surface area contributed by atoms with Gasteiger partial charge in [-0.1, -0.05) is 26.8 Å². The van der Waals surface area contributed by atoms with E-state index in [0.717, 1.165) is 19.3 Å². The first-order valence-corrected chi connectivity index (χ1v) is 9.62. The van der Waals surface area contributed by atoms with Gasteiger partial charge in [0.05, 0.1) is 23.7 Å². The highest BCUT2D eigenvalue weighted by molar-refractivity contribution is 6.04. The van der Waals surface area contributed by atoms with Gasteiger partial charge in [-0.05, 0) is 42.6 Å². The van der Waals surface area contributed by atoms with Crippen molar-refractivity contribution in [3.8, 4) is 0 Å². The van der Waals surface area contributed by atoms with Gasteiger partial charge in [0.2, 0.25) is 0 Å². The second-order valence-electron chi connectivity index (χ2n) is 9.84. The van der Waals surface area contributed by atoms with Gasteiger partial charge in [0.15, 0.2) is 12.1 Å². The van der Waals surface area contributed by atoms with E-state index in [4.69, 9.17) is 4.74 Å². The van der Waals surface area contributed by atoms with E-state index in [1.807, 2.05) is 0 Å². The van der Waals surface area contributed by atoms with E-state index in [-0.39, 0.29) is 23.0 Å². The minimum Gasteiger partial charge on any atom is -0.393 e. The highest BCUT2D eigenvalue weighted by atomic mass is 16.6. The maximum Gasteiger partial charge on any atom is 0.170 e. The number of aliphatic hydroxyl groups is 3. The molecule has 2 saturated heterocycles. The number of carbonyl (C=O) groups is 1. The normalized spacial score (nSPS) is 58.8. The molecule has 25 heavy (non-hydrogen) atoms. The van der Waals surface area contributed by atoms with Gasteiger partial charge < -0.3 is 20.1 Å². The summed E-state index contributed by atoms with van der Waals surface area (Å²) in [4.78, 5) is 13.3. The fourth-order valence-electron chi connectivity index (χ4n) is 7.90. The van der Waals surface area contributed by atoms with Crippen molar-refractivity contribution in [2.45, 2.75) is 70.6 Å². The summed E-state index contributed by atoms with van der Waals surface area (Å²) in [5, 5.41) is 33.2. The maximum atomic E-state index is 13.3. The third kappa shape index (κ3) is 1.51. The zero-order valence-corrected chi connectivity index (χ0v) is 14.9. The van der Waals surface area contributed by atoms with E-state index in [1.54, 1.807) is 0 Å². The van der Waals surface area contributed by atoms with Crippen LogP contribution in [-0.2, 0) is 9.53 Å². The minimum absolute atomic E-state index is 0.0169. The Hall–Kier alpha value is -0.750. The largest absolute Gasteiger partial charge is 0.393 e. The predicted molar refractivity (Wildman–Crippen MR) is 89.2 cm³/mol. The number of Topliss-reactive ketones (excluding diaryl/α,β-unsaturated/α-hetero) is 1. The van der Waals surface area contributed by atoms with Crippen LogP contribution in [0.1, 0.15) is 46.0 Å². The average molecular weight is 348 g/mol. The Morgan fingerprint density at radius 2 is 1.88 bits per heavy atom. The van der Waals surface area contributed by atoms with Crippen molar-refractivity contribution in [2.75, 3.05) is 0 Å². The fraction of sp³-hybridized carbons (Fsp3) is 0.850. The Balaban J connectivity index is 1.76. The topological polar surface area (TPSA) is 87.0 Å². The van der Waals surface area contributed by atoms with Crippen LogP contribution in [-0.4, -0.2) is 45.7 Å². The standard InChI is InChI=1S/C20H28O5/c1-9-10-7-11(21)14-19-6-4-5-18(2,3)12(19)8-13(25-17(19)24)20(14,15(9)22)16(10)23/h10-14,16-17,21,23-24H,1,4-8H2,2-3H3/t10-,11-,12+,13-,14-,16+,17-,19-,20+/m0/s1. The summed E-state index contributed by atoms with van der Waals surface area (Å²) in [5.74, 6) is -0.793. The molecule has 2 heterocycles. The molecule has 138 valence electrons. The smallest absolute Gasteiger partial charge is 0.170 e. The predicted octanol–water partition coefficient (Wildman–Crippen LogP) is 1.40. The molecular formula is C20H28O5. The van der Waals surface area contributed by atoms with Crippen molar-refractivity contribution in [1.29, 1.82) is 0 Å². The van der Waals surface area contributed by atoms with Crippen LogP contribution >= 0.6 is 0 Å². The summed E-state index contributed by atoms with van der Waals surface area (Å²) in [5.41, 5.74) is -1.34. The van der Waals surface area contributed by atoms with Crippen molar-refractivity contribution in [1.82, 2.24) is 0 Å². The van der Waals surface area contributed by atoms with Gasteiger partial charge in [-0.15, -0.1) is 0 Å². The van der Waals surface area contributed by atoms with Crippen molar-refractivity contribution in [3.63, 3.8) is 0 Å². The molecule has 6 rings (SSSR count). The van der Waals surface area contributed by atoms with E-state index >= 15 is 0 Å². The summed E-state index contributed by atoms with van der Waals surface area (Å²) in [6.07, 6.45) is 0.652. The molecule has 2 aliphatic heterocycles. The summed E-state index contributed by atoms with van der Waals surface area (Å²) in [6, 6.07) is 0.